The molecule has 0 aliphatic heterocycles. The number of amides is 1. The van der Waals surface area contributed by atoms with Crippen LogP contribution in [0.2, 0.25) is 0 Å². The third-order valence-electron chi connectivity index (χ3n) is 1.63. The molecule has 2 heteroatoms. The van der Waals surface area contributed by atoms with E-state index in [0.29, 0.717) is 0 Å². The highest BCUT2D eigenvalue weighted by Gasteiger charge is 2.26. The molecule has 2 nitrogen and oxygen atoms in total. The van der Waals surface area contributed by atoms with Gasteiger partial charge in [-0.3, -0.25) is 4.79 Å². The Balaban J connectivity index is 4.54. The fourth-order valence-electron chi connectivity index (χ4n) is 0.916. The molecule has 0 heterocycles. The zero-order valence-electron chi connectivity index (χ0n) is 8.72. The van der Waals surface area contributed by atoms with Crippen molar-refractivity contribution in [3.63, 3.8) is 0 Å². The predicted molar refractivity (Wildman–Crippen MR) is 51.6 cm³/mol. The summed E-state index contributed by atoms with van der Waals surface area (Å²) in [5, 5.41) is 0. The van der Waals surface area contributed by atoms with Crippen molar-refractivity contribution in [3.8, 4) is 0 Å². The highest BCUT2D eigenvalue weighted by Crippen LogP contribution is 2.18. The monoisotopic (exact) mass is 169 g/mol. The van der Waals surface area contributed by atoms with Gasteiger partial charge in [0.2, 0.25) is 5.91 Å². The van der Waals surface area contributed by atoms with Gasteiger partial charge in [-0.05, 0) is 20.0 Å². The second-order valence-electron chi connectivity index (χ2n) is 4.24. The molecule has 0 unspecified atom stereocenters. The van der Waals surface area contributed by atoms with Crippen LogP contribution in [0.15, 0.2) is 12.8 Å². The van der Waals surface area contributed by atoms with Crippen molar-refractivity contribution in [2.24, 2.45) is 5.41 Å². The Morgan fingerprint density at radius 1 is 1.42 bits per heavy atom. The fourth-order valence-corrected chi connectivity index (χ4v) is 0.916. The lowest BCUT2D eigenvalue weighted by Crippen LogP contribution is -2.39. The molecule has 0 aliphatic carbocycles. The molecule has 70 valence electrons. The number of rotatable bonds is 2. The van der Waals surface area contributed by atoms with Crippen LogP contribution < -0.4 is 0 Å². The molecule has 0 saturated heterocycles. The van der Waals surface area contributed by atoms with E-state index in [1.54, 1.807) is 11.1 Å². The summed E-state index contributed by atoms with van der Waals surface area (Å²) in [6.07, 6.45) is 1.60. The number of carbonyl (C=O) groups is 1. The SMILES string of the molecule is C=CN(C(=O)C(C)(C)C)C(C)C. The molecule has 0 fully saturated rings. The lowest BCUT2D eigenvalue weighted by atomic mass is 9.94. The molecular formula is C10H19NO. The van der Waals surface area contributed by atoms with Crippen LogP contribution in [0.4, 0.5) is 0 Å². The van der Waals surface area contributed by atoms with Gasteiger partial charge in [-0.25, -0.2) is 0 Å². The van der Waals surface area contributed by atoms with Gasteiger partial charge in [0.1, 0.15) is 0 Å². The molecule has 0 spiro atoms. The number of carbonyl (C=O) groups excluding carboxylic acids is 1. The molecule has 0 atom stereocenters. The van der Waals surface area contributed by atoms with Crippen molar-refractivity contribution in [2.45, 2.75) is 40.7 Å². The van der Waals surface area contributed by atoms with Crippen molar-refractivity contribution in [1.29, 1.82) is 0 Å². The van der Waals surface area contributed by atoms with E-state index in [1.807, 2.05) is 34.6 Å². The van der Waals surface area contributed by atoms with Gasteiger partial charge in [0, 0.05) is 11.5 Å². The van der Waals surface area contributed by atoms with Gasteiger partial charge < -0.3 is 4.90 Å². The van der Waals surface area contributed by atoms with Gasteiger partial charge in [0.15, 0.2) is 0 Å². The van der Waals surface area contributed by atoms with E-state index in [9.17, 15) is 4.79 Å². The van der Waals surface area contributed by atoms with Crippen LogP contribution in [-0.4, -0.2) is 16.8 Å². The number of hydrogen-bond acceptors (Lipinski definition) is 1. The number of hydrogen-bond donors (Lipinski definition) is 0. The Morgan fingerprint density at radius 3 is 1.92 bits per heavy atom. The molecule has 0 aromatic heterocycles. The Labute approximate surface area is 75.3 Å². The van der Waals surface area contributed by atoms with Crippen LogP contribution in [0, 0.1) is 5.41 Å². The van der Waals surface area contributed by atoms with Crippen molar-refractivity contribution in [2.75, 3.05) is 0 Å². The first kappa shape index (κ1) is 11.2. The Morgan fingerprint density at radius 2 is 1.83 bits per heavy atom. The van der Waals surface area contributed by atoms with Crippen LogP contribution in [0.3, 0.4) is 0 Å². The normalized spacial score (nSPS) is 11.5. The molecular weight excluding hydrogens is 150 g/mol. The largest absolute Gasteiger partial charge is 0.317 e. The zero-order chi connectivity index (χ0) is 9.94. The van der Waals surface area contributed by atoms with E-state index in [-0.39, 0.29) is 17.4 Å². The van der Waals surface area contributed by atoms with Crippen LogP contribution in [0.25, 0.3) is 0 Å². The second-order valence-corrected chi connectivity index (χ2v) is 4.24. The highest BCUT2D eigenvalue weighted by molar-refractivity contribution is 5.82. The Hall–Kier alpha value is -0.790. The summed E-state index contributed by atoms with van der Waals surface area (Å²) < 4.78 is 0. The number of nitrogens with zero attached hydrogens (tertiary/aromatic N) is 1. The first-order valence-corrected chi connectivity index (χ1v) is 4.26. The average molecular weight is 169 g/mol. The van der Waals surface area contributed by atoms with Crippen molar-refractivity contribution >= 4 is 5.91 Å². The molecule has 1 amide bonds. The van der Waals surface area contributed by atoms with Crippen molar-refractivity contribution in [1.82, 2.24) is 4.90 Å². The Kier molecular flexibility index (Phi) is 3.50. The lowest BCUT2D eigenvalue weighted by Gasteiger charge is -2.29. The highest BCUT2D eigenvalue weighted by atomic mass is 16.2. The van der Waals surface area contributed by atoms with Crippen LogP contribution >= 0.6 is 0 Å². The minimum Gasteiger partial charge on any atom is -0.317 e. The topological polar surface area (TPSA) is 20.3 Å². The molecule has 0 saturated carbocycles. The molecule has 0 aromatic rings. The minimum absolute atomic E-state index is 0.118. The van der Waals surface area contributed by atoms with Gasteiger partial charge in [-0.2, -0.15) is 0 Å². The van der Waals surface area contributed by atoms with Crippen LogP contribution in [-0.2, 0) is 4.79 Å². The third-order valence-corrected chi connectivity index (χ3v) is 1.63. The standard InChI is InChI=1S/C10H19NO/c1-7-11(8(2)3)9(12)10(4,5)6/h7-8H,1H2,2-6H3. The molecule has 0 N–H and O–H groups in total. The first-order valence-electron chi connectivity index (χ1n) is 4.26. The Bertz CT molecular complexity index is 177. The predicted octanol–water partition coefficient (Wildman–Crippen LogP) is 2.41. The van der Waals surface area contributed by atoms with Crippen molar-refractivity contribution in [3.05, 3.63) is 12.8 Å². The van der Waals surface area contributed by atoms with Gasteiger partial charge in [-0.1, -0.05) is 27.4 Å². The lowest BCUT2D eigenvalue weighted by molar-refractivity contribution is -0.138. The molecule has 0 bridgehead atoms. The zero-order valence-corrected chi connectivity index (χ0v) is 8.72. The van der Waals surface area contributed by atoms with Gasteiger partial charge >= 0.3 is 0 Å². The quantitative estimate of drug-likeness (QED) is 0.621. The van der Waals surface area contributed by atoms with Crippen molar-refractivity contribution < 1.29 is 4.79 Å². The maximum Gasteiger partial charge on any atom is 0.232 e. The maximum absolute atomic E-state index is 11.7. The van der Waals surface area contributed by atoms with Crippen LogP contribution in [0.1, 0.15) is 34.6 Å². The van der Waals surface area contributed by atoms with E-state index in [2.05, 4.69) is 6.58 Å². The molecule has 0 aromatic carbocycles. The summed E-state index contributed by atoms with van der Waals surface area (Å²) in [5.74, 6) is 0.118. The summed E-state index contributed by atoms with van der Waals surface area (Å²) in [7, 11) is 0. The molecule has 0 radical (unpaired) electrons. The fraction of sp³-hybridized carbons (Fsp3) is 0.700. The summed E-state index contributed by atoms with van der Waals surface area (Å²) in [6, 6.07) is 0.189. The molecule has 0 rings (SSSR count). The second kappa shape index (κ2) is 3.74. The first-order chi connectivity index (χ1) is 5.30. The van der Waals surface area contributed by atoms with E-state index >= 15 is 0 Å². The van der Waals surface area contributed by atoms with E-state index in [0.717, 1.165) is 0 Å². The van der Waals surface area contributed by atoms with E-state index < -0.39 is 0 Å². The third kappa shape index (κ3) is 2.68. The van der Waals surface area contributed by atoms with Gasteiger partial charge in [-0.15, -0.1) is 0 Å². The maximum atomic E-state index is 11.7. The van der Waals surface area contributed by atoms with Crippen LogP contribution in [0.5, 0.6) is 0 Å². The van der Waals surface area contributed by atoms with Gasteiger partial charge in [0.05, 0.1) is 0 Å². The summed E-state index contributed by atoms with van der Waals surface area (Å²) in [6.45, 7) is 13.3. The van der Waals surface area contributed by atoms with Gasteiger partial charge in [0.25, 0.3) is 0 Å². The smallest absolute Gasteiger partial charge is 0.232 e. The summed E-state index contributed by atoms with van der Waals surface area (Å²) >= 11 is 0. The summed E-state index contributed by atoms with van der Waals surface area (Å²) in [5.41, 5.74) is -0.321. The van der Waals surface area contributed by atoms with E-state index in [1.165, 1.54) is 0 Å². The average Bonchev–Trinajstić information content (AvgIpc) is 1.86. The molecule has 12 heavy (non-hydrogen) atoms. The summed E-state index contributed by atoms with van der Waals surface area (Å²) in [4.78, 5) is 13.4. The molecule has 0 aliphatic rings. The van der Waals surface area contributed by atoms with E-state index in [4.69, 9.17) is 0 Å². The minimum atomic E-state index is -0.321.